The van der Waals surface area contributed by atoms with E-state index in [1.165, 1.54) is 24.2 Å². The minimum atomic E-state index is 0.465. The lowest BCUT2D eigenvalue weighted by Gasteiger charge is -2.21. The van der Waals surface area contributed by atoms with Crippen molar-refractivity contribution in [2.45, 2.75) is 37.0 Å². The molecular weight excluding hydrogens is 216 g/mol. The highest BCUT2D eigenvalue weighted by Crippen LogP contribution is 2.30. The Labute approximate surface area is 102 Å². The van der Waals surface area contributed by atoms with Crippen LogP contribution in [0.2, 0.25) is 0 Å². The van der Waals surface area contributed by atoms with Gasteiger partial charge in [0, 0.05) is 11.3 Å². The van der Waals surface area contributed by atoms with E-state index >= 15 is 0 Å². The molecule has 0 aromatic heterocycles. The highest BCUT2D eigenvalue weighted by atomic mass is 32.2. The molecule has 1 aromatic rings. The van der Waals surface area contributed by atoms with Crippen LogP contribution < -0.4 is 11.3 Å². The van der Waals surface area contributed by atoms with Gasteiger partial charge < -0.3 is 0 Å². The van der Waals surface area contributed by atoms with Gasteiger partial charge in [-0.1, -0.05) is 30.3 Å². The van der Waals surface area contributed by atoms with E-state index < -0.39 is 0 Å². The van der Waals surface area contributed by atoms with Crippen LogP contribution in [-0.2, 0) is 6.42 Å². The van der Waals surface area contributed by atoms with Crippen molar-refractivity contribution in [3.63, 3.8) is 0 Å². The summed E-state index contributed by atoms with van der Waals surface area (Å²) in [6.45, 7) is 0. The SMILES string of the molecule is NNC(CCc1ccccc1)C1CCCS1. The van der Waals surface area contributed by atoms with Crippen LogP contribution in [-0.4, -0.2) is 17.0 Å². The lowest BCUT2D eigenvalue weighted by molar-refractivity contribution is 0.469. The summed E-state index contributed by atoms with van der Waals surface area (Å²) in [5.41, 5.74) is 4.40. The molecule has 0 radical (unpaired) electrons. The van der Waals surface area contributed by atoms with Crippen LogP contribution >= 0.6 is 11.8 Å². The highest BCUT2D eigenvalue weighted by Gasteiger charge is 2.24. The predicted octanol–water partition coefficient (Wildman–Crippen LogP) is 2.35. The van der Waals surface area contributed by atoms with Gasteiger partial charge in [-0.3, -0.25) is 11.3 Å². The van der Waals surface area contributed by atoms with Crippen LogP contribution in [0.1, 0.15) is 24.8 Å². The minimum absolute atomic E-state index is 0.465. The molecule has 16 heavy (non-hydrogen) atoms. The van der Waals surface area contributed by atoms with Crippen LogP contribution in [0.5, 0.6) is 0 Å². The molecule has 0 saturated carbocycles. The number of nitrogens with two attached hydrogens (primary N) is 1. The molecule has 3 heteroatoms. The summed E-state index contributed by atoms with van der Waals surface area (Å²) in [7, 11) is 0. The van der Waals surface area contributed by atoms with Crippen molar-refractivity contribution >= 4 is 11.8 Å². The van der Waals surface area contributed by atoms with Crippen molar-refractivity contribution in [2.75, 3.05) is 5.75 Å². The quantitative estimate of drug-likeness (QED) is 0.609. The summed E-state index contributed by atoms with van der Waals surface area (Å²) in [5, 5.41) is 0.716. The summed E-state index contributed by atoms with van der Waals surface area (Å²) in [6, 6.07) is 11.1. The van der Waals surface area contributed by atoms with Crippen molar-refractivity contribution in [1.29, 1.82) is 0 Å². The zero-order valence-electron chi connectivity index (χ0n) is 9.56. The monoisotopic (exact) mass is 236 g/mol. The van der Waals surface area contributed by atoms with Crippen molar-refractivity contribution in [3.05, 3.63) is 35.9 Å². The molecule has 1 fully saturated rings. The molecule has 0 aliphatic carbocycles. The van der Waals surface area contributed by atoms with Crippen LogP contribution in [0, 0.1) is 0 Å². The van der Waals surface area contributed by atoms with Gasteiger partial charge in [-0.2, -0.15) is 11.8 Å². The average molecular weight is 236 g/mol. The maximum atomic E-state index is 5.65. The Kier molecular flexibility index (Phi) is 4.69. The standard InChI is InChI=1S/C13H20N2S/c14-15-12(13-7-4-10-16-13)9-8-11-5-2-1-3-6-11/h1-3,5-6,12-13,15H,4,7-10,14H2. The van der Waals surface area contributed by atoms with Crippen molar-refractivity contribution < 1.29 is 0 Å². The summed E-state index contributed by atoms with van der Waals surface area (Å²) >= 11 is 2.07. The van der Waals surface area contributed by atoms with E-state index in [4.69, 9.17) is 5.84 Å². The fourth-order valence-corrected chi connectivity index (χ4v) is 3.68. The van der Waals surface area contributed by atoms with Gasteiger partial charge in [0.15, 0.2) is 0 Å². The van der Waals surface area contributed by atoms with Gasteiger partial charge in [0.2, 0.25) is 0 Å². The first kappa shape index (κ1) is 12.0. The largest absolute Gasteiger partial charge is 0.271 e. The first-order valence-electron chi connectivity index (χ1n) is 6.02. The lowest BCUT2D eigenvalue weighted by atomic mass is 10.0. The number of rotatable bonds is 5. The first-order chi connectivity index (χ1) is 7.90. The topological polar surface area (TPSA) is 38.0 Å². The number of hydrogen-bond donors (Lipinski definition) is 2. The van der Waals surface area contributed by atoms with Crippen molar-refractivity contribution in [2.24, 2.45) is 5.84 Å². The van der Waals surface area contributed by atoms with Crippen LogP contribution in [0.4, 0.5) is 0 Å². The Hall–Kier alpha value is -0.510. The minimum Gasteiger partial charge on any atom is -0.271 e. The molecule has 1 aliphatic heterocycles. The molecule has 0 spiro atoms. The van der Waals surface area contributed by atoms with E-state index in [9.17, 15) is 0 Å². The van der Waals surface area contributed by atoms with Crippen molar-refractivity contribution in [3.8, 4) is 0 Å². The molecule has 0 amide bonds. The van der Waals surface area contributed by atoms with Gasteiger partial charge in [-0.25, -0.2) is 0 Å². The number of hydrogen-bond acceptors (Lipinski definition) is 3. The third-order valence-electron chi connectivity index (χ3n) is 3.21. The van der Waals surface area contributed by atoms with E-state index in [-0.39, 0.29) is 0 Å². The fourth-order valence-electron chi connectivity index (χ4n) is 2.26. The van der Waals surface area contributed by atoms with Gasteiger partial charge >= 0.3 is 0 Å². The Bertz CT molecular complexity index is 296. The average Bonchev–Trinajstić information content (AvgIpc) is 2.85. The Morgan fingerprint density at radius 1 is 1.38 bits per heavy atom. The molecule has 1 aliphatic rings. The molecule has 0 bridgehead atoms. The number of thioether (sulfide) groups is 1. The molecule has 88 valence electrons. The Balaban J connectivity index is 1.83. The van der Waals surface area contributed by atoms with Gasteiger partial charge in [0.25, 0.3) is 0 Å². The highest BCUT2D eigenvalue weighted by molar-refractivity contribution is 8.00. The van der Waals surface area contributed by atoms with Crippen LogP contribution in [0.15, 0.2) is 30.3 Å². The van der Waals surface area contributed by atoms with Gasteiger partial charge in [0.05, 0.1) is 0 Å². The molecule has 3 N–H and O–H groups in total. The van der Waals surface area contributed by atoms with E-state index in [0.29, 0.717) is 11.3 Å². The second-order valence-electron chi connectivity index (χ2n) is 4.35. The molecule has 2 rings (SSSR count). The zero-order chi connectivity index (χ0) is 11.2. The van der Waals surface area contributed by atoms with Crippen molar-refractivity contribution in [1.82, 2.24) is 5.43 Å². The van der Waals surface area contributed by atoms with E-state index in [0.717, 1.165) is 12.8 Å². The smallest absolute Gasteiger partial charge is 0.0332 e. The maximum Gasteiger partial charge on any atom is 0.0332 e. The maximum absolute atomic E-state index is 5.65. The van der Waals surface area contributed by atoms with E-state index in [1.807, 2.05) is 0 Å². The third kappa shape index (κ3) is 3.24. The second-order valence-corrected chi connectivity index (χ2v) is 5.70. The lowest BCUT2D eigenvalue weighted by Crippen LogP contribution is -2.42. The Morgan fingerprint density at radius 3 is 2.81 bits per heavy atom. The molecule has 2 nitrogen and oxygen atoms in total. The number of hydrazine groups is 1. The molecular formula is C13H20N2S. The van der Waals surface area contributed by atoms with E-state index in [1.54, 1.807) is 0 Å². The summed E-state index contributed by atoms with van der Waals surface area (Å²) < 4.78 is 0. The molecule has 2 unspecified atom stereocenters. The fraction of sp³-hybridized carbons (Fsp3) is 0.538. The van der Waals surface area contributed by atoms with Gasteiger partial charge in [-0.05, 0) is 37.0 Å². The summed E-state index contributed by atoms with van der Waals surface area (Å²) in [6.07, 6.45) is 4.91. The predicted molar refractivity (Wildman–Crippen MR) is 71.4 cm³/mol. The van der Waals surface area contributed by atoms with Crippen LogP contribution in [0.25, 0.3) is 0 Å². The van der Waals surface area contributed by atoms with Crippen LogP contribution in [0.3, 0.4) is 0 Å². The molecule has 1 heterocycles. The zero-order valence-corrected chi connectivity index (χ0v) is 10.4. The third-order valence-corrected chi connectivity index (χ3v) is 4.73. The number of nitrogens with one attached hydrogen (secondary N) is 1. The van der Waals surface area contributed by atoms with Gasteiger partial charge in [0.1, 0.15) is 0 Å². The molecule has 2 atom stereocenters. The van der Waals surface area contributed by atoms with Gasteiger partial charge in [-0.15, -0.1) is 0 Å². The molecule has 1 saturated heterocycles. The first-order valence-corrected chi connectivity index (χ1v) is 7.06. The summed E-state index contributed by atoms with van der Waals surface area (Å²) in [5.74, 6) is 6.95. The second kappa shape index (κ2) is 6.28. The normalized spacial score (nSPS) is 22.2. The number of aryl methyl sites for hydroxylation is 1. The van der Waals surface area contributed by atoms with E-state index in [2.05, 4.69) is 47.5 Å². The summed E-state index contributed by atoms with van der Waals surface area (Å²) in [4.78, 5) is 0. The number of benzene rings is 1. The Morgan fingerprint density at radius 2 is 2.19 bits per heavy atom. The molecule has 1 aromatic carbocycles.